The van der Waals surface area contributed by atoms with Crippen molar-refractivity contribution in [3.05, 3.63) is 64.2 Å². The average molecular weight is 351 g/mol. The molecule has 25 heavy (non-hydrogen) atoms. The lowest BCUT2D eigenvalue weighted by molar-refractivity contribution is 0.0952. The summed E-state index contributed by atoms with van der Waals surface area (Å²) in [5, 5.41) is 4.68. The van der Waals surface area contributed by atoms with E-state index < -0.39 is 0 Å². The van der Waals surface area contributed by atoms with Crippen molar-refractivity contribution in [2.75, 3.05) is 0 Å². The Hall–Kier alpha value is -2.39. The van der Waals surface area contributed by atoms with Gasteiger partial charge in [-0.1, -0.05) is 35.4 Å². The number of hydrogen-bond acceptors (Lipinski definition) is 2. The predicted octanol–water partition coefficient (Wildman–Crippen LogP) is 5.06. The van der Waals surface area contributed by atoms with Crippen LogP contribution in [0.15, 0.2) is 42.5 Å². The molecule has 1 N–H and O–H groups in total. The van der Waals surface area contributed by atoms with Gasteiger partial charge in [0.1, 0.15) is 0 Å². The van der Waals surface area contributed by atoms with Crippen molar-refractivity contribution < 1.29 is 4.79 Å². The van der Waals surface area contributed by atoms with Crippen molar-refractivity contribution >= 4 is 28.4 Å². The first-order chi connectivity index (χ1) is 12.0. The molecule has 1 amide bonds. The largest absolute Gasteiger partial charge is 0.349 e. The van der Waals surface area contributed by atoms with Gasteiger partial charge in [0.05, 0.1) is 16.8 Å². The molecule has 3 nitrogen and oxygen atoms in total. The van der Waals surface area contributed by atoms with E-state index in [9.17, 15) is 4.79 Å². The standard InChI is InChI=1S/C21H19ClN2O/c1-12-6-9-18-17(10-12)19(21(25)23-16-7-8-16)13(2)20(24-18)14-4-3-5-15(22)11-14/h3-6,9-11,16H,7-8H2,1-2H3,(H,23,25). The highest BCUT2D eigenvalue weighted by molar-refractivity contribution is 6.30. The Balaban J connectivity index is 1.97. The van der Waals surface area contributed by atoms with Crippen LogP contribution in [0.25, 0.3) is 22.2 Å². The van der Waals surface area contributed by atoms with Gasteiger partial charge < -0.3 is 5.32 Å². The van der Waals surface area contributed by atoms with Crippen LogP contribution >= 0.6 is 11.6 Å². The Morgan fingerprint density at radius 3 is 2.68 bits per heavy atom. The maximum absolute atomic E-state index is 12.9. The number of nitrogens with one attached hydrogen (secondary N) is 1. The average Bonchev–Trinajstić information content (AvgIpc) is 3.38. The fourth-order valence-electron chi connectivity index (χ4n) is 3.17. The Morgan fingerprint density at radius 2 is 1.96 bits per heavy atom. The second kappa shape index (κ2) is 6.16. The number of aromatic nitrogens is 1. The fourth-order valence-corrected chi connectivity index (χ4v) is 3.36. The van der Waals surface area contributed by atoms with Gasteiger partial charge in [0.15, 0.2) is 0 Å². The van der Waals surface area contributed by atoms with E-state index in [1.54, 1.807) is 0 Å². The number of amides is 1. The Bertz CT molecular complexity index is 993. The van der Waals surface area contributed by atoms with Crippen LogP contribution in [-0.2, 0) is 0 Å². The van der Waals surface area contributed by atoms with E-state index in [0.717, 1.165) is 51.7 Å². The lowest BCUT2D eigenvalue weighted by Gasteiger charge is -2.15. The number of halogens is 1. The van der Waals surface area contributed by atoms with Crippen LogP contribution in [-0.4, -0.2) is 16.9 Å². The van der Waals surface area contributed by atoms with Crippen molar-refractivity contribution in [3.8, 4) is 11.3 Å². The van der Waals surface area contributed by atoms with E-state index in [-0.39, 0.29) is 5.91 Å². The summed E-state index contributed by atoms with van der Waals surface area (Å²) in [5.41, 5.74) is 5.28. The number of pyridine rings is 1. The molecule has 0 unspecified atom stereocenters. The van der Waals surface area contributed by atoms with Crippen molar-refractivity contribution in [1.29, 1.82) is 0 Å². The van der Waals surface area contributed by atoms with E-state index >= 15 is 0 Å². The van der Waals surface area contributed by atoms with Gasteiger partial charge in [-0.2, -0.15) is 0 Å². The third-order valence-electron chi connectivity index (χ3n) is 4.62. The first-order valence-corrected chi connectivity index (χ1v) is 8.88. The minimum Gasteiger partial charge on any atom is -0.349 e. The predicted molar refractivity (Wildman–Crippen MR) is 102 cm³/mol. The molecule has 0 spiro atoms. The summed E-state index contributed by atoms with van der Waals surface area (Å²) >= 11 is 6.16. The molecule has 1 aromatic heterocycles. The number of fused-ring (bicyclic) bond motifs is 1. The molecule has 3 aromatic rings. The minimum atomic E-state index is -0.0127. The summed E-state index contributed by atoms with van der Waals surface area (Å²) in [6.45, 7) is 4.00. The van der Waals surface area contributed by atoms with E-state index in [1.165, 1.54) is 0 Å². The highest BCUT2D eigenvalue weighted by Gasteiger charge is 2.26. The Morgan fingerprint density at radius 1 is 1.16 bits per heavy atom. The summed E-state index contributed by atoms with van der Waals surface area (Å²) < 4.78 is 0. The van der Waals surface area contributed by atoms with E-state index in [1.807, 2.05) is 56.3 Å². The van der Waals surface area contributed by atoms with Crippen LogP contribution in [0.4, 0.5) is 0 Å². The molecule has 0 bridgehead atoms. The SMILES string of the molecule is Cc1ccc2nc(-c3cccc(Cl)c3)c(C)c(C(=O)NC3CC3)c2c1. The van der Waals surface area contributed by atoms with Gasteiger partial charge >= 0.3 is 0 Å². The van der Waals surface area contributed by atoms with Crippen LogP contribution in [0.1, 0.15) is 34.3 Å². The van der Waals surface area contributed by atoms with Crippen molar-refractivity contribution in [2.45, 2.75) is 32.7 Å². The summed E-state index contributed by atoms with van der Waals surface area (Å²) in [6.07, 6.45) is 2.13. The number of nitrogens with zero attached hydrogens (tertiary/aromatic N) is 1. The second-order valence-corrected chi connectivity index (χ2v) is 7.18. The molecule has 126 valence electrons. The number of carbonyl (C=O) groups excluding carboxylic acids is 1. The molecule has 4 heteroatoms. The zero-order valence-electron chi connectivity index (χ0n) is 14.3. The van der Waals surface area contributed by atoms with E-state index in [4.69, 9.17) is 16.6 Å². The molecule has 0 aliphatic heterocycles. The van der Waals surface area contributed by atoms with Gasteiger partial charge in [-0.3, -0.25) is 4.79 Å². The summed E-state index contributed by atoms with van der Waals surface area (Å²) in [7, 11) is 0. The van der Waals surface area contributed by atoms with Crippen LogP contribution < -0.4 is 5.32 Å². The molecule has 0 atom stereocenters. The fraction of sp³-hybridized carbons (Fsp3) is 0.238. The number of aryl methyl sites for hydroxylation is 1. The van der Waals surface area contributed by atoms with Crippen molar-refractivity contribution in [3.63, 3.8) is 0 Å². The number of rotatable bonds is 3. The minimum absolute atomic E-state index is 0.0127. The number of hydrogen-bond donors (Lipinski definition) is 1. The maximum atomic E-state index is 12.9. The summed E-state index contributed by atoms with van der Waals surface area (Å²) in [6, 6.07) is 14.0. The maximum Gasteiger partial charge on any atom is 0.252 e. The van der Waals surface area contributed by atoms with Crippen molar-refractivity contribution in [1.82, 2.24) is 10.3 Å². The smallest absolute Gasteiger partial charge is 0.252 e. The van der Waals surface area contributed by atoms with Crippen LogP contribution in [0.3, 0.4) is 0 Å². The summed E-state index contributed by atoms with van der Waals surface area (Å²) in [5.74, 6) is -0.0127. The molecular formula is C21H19ClN2O. The second-order valence-electron chi connectivity index (χ2n) is 6.74. The third-order valence-corrected chi connectivity index (χ3v) is 4.86. The zero-order chi connectivity index (χ0) is 17.6. The Kier molecular flexibility index (Phi) is 3.97. The molecule has 1 aliphatic rings. The lowest BCUT2D eigenvalue weighted by Crippen LogP contribution is -2.26. The van der Waals surface area contributed by atoms with Gasteiger partial charge in [0.2, 0.25) is 0 Å². The molecule has 0 radical (unpaired) electrons. The lowest BCUT2D eigenvalue weighted by atomic mass is 9.96. The quantitative estimate of drug-likeness (QED) is 0.717. The molecular weight excluding hydrogens is 332 g/mol. The first kappa shape index (κ1) is 16.1. The van der Waals surface area contributed by atoms with Gasteiger partial charge in [-0.05, 0) is 56.5 Å². The van der Waals surface area contributed by atoms with Gasteiger partial charge in [-0.25, -0.2) is 4.98 Å². The van der Waals surface area contributed by atoms with Gasteiger partial charge in [0, 0.05) is 22.0 Å². The zero-order valence-corrected chi connectivity index (χ0v) is 15.0. The van der Waals surface area contributed by atoms with Crippen LogP contribution in [0.2, 0.25) is 5.02 Å². The molecule has 2 aromatic carbocycles. The van der Waals surface area contributed by atoms with E-state index in [2.05, 4.69) is 5.32 Å². The Labute approximate surface area is 152 Å². The van der Waals surface area contributed by atoms with Crippen molar-refractivity contribution in [2.24, 2.45) is 0 Å². The molecule has 1 aliphatic carbocycles. The molecule has 1 saturated carbocycles. The highest BCUT2D eigenvalue weighted by atomic mass is 35.5. The first-order valence-electron chi connectivity index (χ1n) is 8.50. The monoisotopic (exact) mass is 350 g/mol. The topological polar surface area (TPSA) is 42.0 Å². The molecule has 1 fully saturated rings. The van der Waals surface area contributed by atoms with Gasteiger partial charge in [-0.15, -0.1) is 0 Å². The molecule has 1 heterocycles. The summed E-state index contributed by atoms with van der Waals surface area (Å²) in [4.78, 5) is 17.8. The third kappa shape index (κ3) is 3.12. The van der Waals surface area contributed by atoms with Crippen LogP contribution in [0, 0.1) is 13.8 Å². The van der Waals surface area contributed by atoms with Gasteiger partial charge in [0.25, 0.3) is 5.91 Å². The number of benzene rings is 2. The van der Waals surface area contributed by atoms with Crippen LogP contribution in [0.5, 0.6) is 0 Å². The number of carbonyl (C=O) groups is 1. The molecule has 0 saturated heterocycles. The van der Waals surface area contributed by atoms with E-state index in [0.29, 0.717) is 11.1 Å². The molecule has 4 rings (SSSR count). The normalized spacial score (nSPS) is 13.9. The highest BCUT2D eigenvalue weighted by Crippen LogP contribution is 2.32.